The number of pyridine rings is 1. The molecular weight excluding hydrogens is 240 g/mol. The number of aromatic nitrogens is 1. The van der Waals surface area contributed by atoms with Gasteiger partial charge in [0.25, 0.3) is 0 Å². The Labute approximate surface area is 111 Å². The van der Waals surface area contributed by atoms with E-state index in [-0.39, 0.29) is 11.9 Å². The van der Waals surface area contributed by atoms with Crippen LogP contribution in [0.1, 0.15) is 12.8 Å². The molecule has 0 radical (unpaired) electrons. The monoisotopic (exact) mass is 256 g/mol. The number of amides is 1. The second-order valence-electron chi connectivity index (χ2n) is 4.83. The van der Waals surface area contributed by atoms with Gasteiger partial charge < -0.3 is 16.4 Å². The Morgan fingerprint density at radius 1 is 1.32 bits per heavy atom. The summed E-state index contributed by atoms with van der Waals surface area (Å²) < 4.78 is 0. The fourth-order valence-corrected chi connectivity index (χ4v) is 2.29. The summed E-state index contributed by atoms with van der Waals surface area (Å²) in [7, 11) is 0. The zero-order chi connectivity index (χ0) is 13.2. The molecule has 1 aliphatic rings. The number of hydrogen-bond donors (Lipinski definition) is 3. The number of anilines is 2. The van der Waals surface area contributed by atoms with Crippen molar-refractivity contribution in [3.05, 3.63) is 30.3 Å². The summed E-state index contributed by atoms with van der Waals surface area (Å²) in [5, 5.41) is 7.23. The molecule has 19 heavy (non-hydrogen) atoms. The van der Waals surface area contributed by atoms with E-state index in [0.29, 0.717) is 13.0 Å². The minimum atomic E-state index is 0.125. The summed E-state index contributed by atoms with van der Waals surface area (Å²) in [5.41, 5.74) is 7.40. The number of nitrogens with one attached hydrogen (secondary N) is 2. The first-order chi connectivity index (χ1) is 9.20. The summed E-state index contributed by atoms with van der Waals surface area (Å²) >= 11 is 0. The minimum Gasteiger partial charge on any atom is -0.399 e. The van der Waals surface area contributed by atoms with E-state index in [1.807, 2.05) is 30.3 Å². The van der Waals surface area contributed by atoms with Gasteiger partial charge in [0.05, 0.1) is 5.52 Å². The van der Waals surface area contributed by atoms with Gasteiger partial charge in [-0.15, -0.1) is 0 Å². The number of fused-ring (bicyclic) bond motifs is 1. The molecule has 0 bridgehead atoms. The molecule has 0 spiro atoms. The van der Waals surface area contributed by atoms with Gasteiger partial charge in [-0.2, -0.15) is 0 Å². The molecule has 1 atom stereocenters. The van der Waals surface area contributed by atoms with Gasteiger partial charge in [0.2, 0.25) is 5.91 Å². The van der Waals surface area contributed by atoms with Crippen LogP contribution in [0.15, 0.2) is 30.3 Å². The Morgan fingerprint density at radius 3 is 3.00 bits per heavy atom. The highest BCUT2D eigenvalue weighted by Crippen LogP contribution is 2.19. The SMILES string of the molecule is Nc1ccc2nc(NC3CCC(=O)NC3)ccc2c1. The van der Waals surface area contributed by atoms with Gasteiger partial charge in [0.1, 0.15) is 5.82 Å². The predicted octanol–water partition coefficient (Wildman–Crippen LogP) is 1.51. The van der Waals surface area contributed by atoms with Gasteiger partial charge in [-0.05, 0) is 36.8 Å². The molecule has 5 heteroatoms. The largest absolute Gasteiger partial charge is 0.399 e. The molecular formula is C14H16N4O. The molecule has 5 nitrogen and oxygen atoms in total. The van der Waals surface area contributed by atoms with Crippen molar-refractivity contribution < 1.29 is 4.79 Å². The van der Waals surface area contributed by atoms with Crippen molar-refractivity contribution in [3.8, 4) is 0 Å². The fraction of sp³-hybridized carbons (Fsp3) is 0.286. The number of carbonyl (C=O) groups excluding carboxylic acids is 1. The molecule has 1 aromatic carbocycles. The van der Waals surface area contributed by atoms with E-state index < -0.39 is 0 Å². The number of carbonyl (C=O) groups is 1. The minimum absolute atomic E-state index is 0.125. The molecule has 1 aliphatic heterocycles. The number of nitrogen functional groups attached to an aromatic ring is 1. The molecule has 1 aromatic heterocycles. The first-order valence-electron chi connectivity index (χ1n) is 6.40. The lowest BCUT2D eigenvalue weighted by atomic mass is 10.1. The van der Waals surface area contributed by atoms with Crippen LogP contribution in [0.3, 0.4) is 0 Å². The van der Waals surface area contributed by atoms with E-state index in [9.17, 15) is 4.79 Å². The lowest BCUT2D eigenvalue weighted by molar-refractivity contribution is -0.122. The second kappa shape index (κ2) is 4.76. The van der Waals surface area contributed by atoms with E-state index in [1.54, 1.807) is 0 Å². The third kappa shape index (κ3) is 2.59. The normalized spacial score (nSPS) is 19.2. The van der Waals surface area contributed by atoms with Crippen molar-refractivity contribution in [1.82, 2.24) is 10.3 Å². The number of hydrogen-bond acceptors (Lipinski definition) is 4. The number of nitrogens with zero attached hydrogens (tertiary/aromatic N) is 1. The van der Waals surface area contributed by atoms with Crippen LogP contribution in [0.25, 0.3) is 10.9 Å². The lowest BCUT2D eigenvalue weighted by Gasteiger charge is -2.24. The van der Waals surface area contributed by atoms with Gasteiger partial charge in [-0.3, -0.25) is 4.79 Å². The Hall–Kier alpha value is -2.30. The van der Waals surface area contributed by atoms with E-state index in [2.05, 4.69) is 15.6 Å². The van der Waals surface area contributed by atoms with Crippen LogP contribution in [-0.2, 0) is 4.79 Å². The van der Waals surface area contributed by atoms with Crippen molar-refractivity contribution in [3.63, 3.8) is 0 Å². The third-order valence-electron chi connectivity index (χ3n) is 3.33. The number of rotatable bonds is 2. The van der Waals surface area contributed by atoms with Gasteiger partial charge in [0, 0.05) is 30.1 Å². The second-order valence-corrected chi connectivity index (χ2v) is 4.83. The molecule has 1 fully saturated rings. The Morgan fingerprint density at radius 2 is 2.21 bits per heavy atom. The maximum atomic E-state index is 11.1. The Bertz CT molecular complexity index is 616. The van der Waals surface area contributed by atoms with Crippen LogP contribution in [0.2, 0.25) is 0 Å². The van der Waals surface area contributed by atoms with Gasteiger partial charge in [-0.25, -0.2) is 4.98 Å². The van der Waals surface area contributed by atoms with Crippen LogP contribution in [0, 0.1) is 0 Å². The van der Waals surface area contributed by atoms with Gasteiger partial charge >= 0.3 is 0 Å². The topological polar surface area (TPSA) is 80.0 Å². The Kier molecular flexibility index (Phi) is 2.95. The average molecular weight is 256 g/mol. The maximum Gasteiger partial charge on any atom is 0.220 e. The summed E-state index contributed by atoms with van der Waals surface area (Å²) in [6.07, 6.45) is 1.41. The molecule has 1 amide bonds. The highest BCUT2D eigenvalue weighted by atomic mass is 16.1. The summed E-state index contributed by atoms with van der Waals surface area (Å²) in [6.45, 7) is 0.653. The standard InChI is InChI=1S/C14H16N4O/c15-10-2-4-12-9(7-10)1-5-13(18-12)17-11-3-6-14(19)16-8-11/h1-2,4-5,7,11H,3,6,8,15H2,(H,16,19)(H,17,18). The first-order valence-corrected chi connectivity index (χ1v) is 6.40. The fourth-order valence-electron chi connectivity index (χ4n) is 2.29. The summed E-state index contributed by atoms with van der Waals surface area (Å²) in [5.74, 6) is 0.957. The molecule has 3 rings (SSSR count). The number of nitrogens with two attached hydrogens (primary N) is 1. The smallest absolute Gasteiger partial charge is 0.220 e. The number of benzene rings is 1. The van der Waals surface area contributed by atoms with Crippen LogP contribution in [0.4, 0.5) is 11.5 Å². The zero-order valence-corrected chi connectivity index (χ0v) is 10.5. The number of piperidine rings is 1. The molecule has 0 saturated carbocycles. The summed E-state index contributed by atoms with van der Waals surface area (Å²) in [4.78, 5) is 15.7. The van der Waals surface area contributed by atoms with Gasteiger partial charge in [-0.1, -0.05) is 0 Å². The van der Waals surface area contributed by atoms with Crippen LogP contribution < -0.4 is 16.4 Å². The van der Waals surface area contributed by atoms with Crippen molar-refractivity contribution in [1.29, 1.82) is 0 Å². The van der Waals surface area contributed by atoms with Crippen LogP contribution in [-0.4, -0.2) is 23.5 Å². The molecule has 0 aliphatic carbocycles. The van der Waals surface area contributed by atoms with Crippen molar-refractivity contribution >= 4 is 28.3 Å². The molecule has 1 saturated heterocycles. The van der Waals surface area contributed by atoms with E-state index >= 15 is 0 Å². The summed E-state index contributed by atoms with van der Waals surface area (Å²) in [6, 6.07) is 9.86. The van der Waals surface area contributed by atoms with Crippen molar-refractivity contribution in [2.45, 2.75) is 18.9 Å². The Balaban J connectivity index is 1.78. The van der Waals surface area contributed by atoms with E-state index in [1.165, 1.54) is 0 Å². The van der Waals surface area contributed by atoms with Crippen LogP contribution in [0.5, 0.6) is 0 Å². The van der Waals surface area contributed by atoms with Crippen LogP contribution >= 0.6 is 0 Å². The molecule has 1 unspecified atom stereocenters. The predicted molar refractivity (Wildman–Crippen MR) is 75.8 cm³/mol. The average Bonchev–Trinajstić information content (AvgIpc) is 2.42. The maximum absolute atomic E-state index is 11.1. The first kappa shape index (κ1) is 11.8. The van der Waals surface area contributed by atoms with Crippen molar-refractivity contribution in [2.24, 2.45) is 0 Å². The zero-order valence-electron chi connectivity index (χ0n) is 10.5. The molecule has 4 N–H and O–H groups in total. The quantitative estimate of drug-likeness (QED) is 0.711. The highest BCUT2D eigenvalue weighted by Gasteiger charge is 2.17. The van der Waals surface area contributed by atoms with Gasteiger partial charge in [0.15, 0.2) is 0 Å². The molecule has 2 heterocycles. The molecule has 98 valence electrons. The lowest BCUT2D eigenvalue weighted by Crippen LogP contribution is -2.42. The van der Waals surface area contributed by atoms with E-state index in [0.717, 1.165) is 28.8 Å². The third-order valence-corrected chi connectivity index (χ3v) is 3.33. The molecule has 2 aromatic rings. The highest BCUT2D eigenvalue weighted by molar-refractivity contribution is 5.83. The van der Waals surface area contributed by atoms with Crippen molar-refractivity contribution in [2.75, 3.05) is 17.6 Å². The van der Waals surface area contributed by atoms with E-state index in [4.69, 9.17) is 5.73 Å².